The molecule has 1 aliphatic heterocycles. The molecule has 1 saturated heterocycles. The molecule has 3 aliphatic rings. The predicted octanol–water partition coefficient (Wildman–Crippen LogP) is 0.190. The highest BCUT2D eigenvalue weighted by molar-refractivity contribution is 5.35. The van der Waals surface area contributed by atoms with Gasteiger partial charge < -0.3 is 35.4 Å². The summed E-state index contributed by atoms with van der Waals surface area (Å²) < 4.78 is 5.50. The summed E-state index contributed by atoms with van der Waals surface area (Å²) in [6.45, 7) is 7.04. The molecule has 0 bridgehead atoms. The van der Waals surface area contributed by atoms with Gasteiger partial charge >= 0.3 is 0 Å². The molecule has 0 radical (unpaired) electrons. The standard InChI is InChI=1S/C22H34O7/c1-12(5-6-14-20(2,3)15(24)7-8-21(14,4)28)9-16(25)22-17(26)10-13(11-23)18(27)19(22)29-22/h5-6,9-10,14-19,23-28H,7-8,11H2,1-4H3/b6-5+,12-9+/t14-,15-,16+,17+,18-,19+,21+,22-/m1/s1. The normalized spacial score (nSPS) is 45.7. The first-order valence-electron chi connectivity index (χ1n) is 10.2. The van der Waals surface area contributed by atoms with Gasteiger partial charge in [0.15, 0.2) is 5.60 Å². The number of rotatable bonds is 5. The summed E-state index contributed by atoms with van der Waals surface area (Å²) in [5.74, 6) is -0.278. The van der Waals surface area contributed by atoms with E-state index in [4.69, 9.17) is 4.74 Å². The molecule has 0 aromatic heterocycles. The van der Waals surface area contributed by atoms with Gasteiger partial charge in [0.25, 0.3) is 0 Å². The average Bonchev–Trinajstić information content (AvgIpc) is 3.39. The smallest absolute Gasteiger partial charge is 0.156 e. The molecule has 0 aromatic carbocycles. The number of epoxide rings is 1. The Morgan fingerprint density at radius 2 is 1.93 bits per heavy atom. The number of ether oxygens (including phenoxy) is 1. The lowest BCUT2D eigenvalue weighted by atomic mass is 9.60. The molecule has 7 nitrogen and oxygen atoms in total. The Kier molecular flexibility index (Phi) is 5.90. The van der Waals surface area contributed by atoms with E-state index in [0.29, 0.717) is 18.4 Å². The first-order chi connectivity index (χ1) is 13.4. The van der Waals surface area contributed by atoms with Gasteiger partial charge in [0, 0.05) is 5.92 Å². The fraction of sp³-hybridized carbons (Fsp3) is 0.727. The monoisotopic (exact) mass is 410 g/mol. The van der Waals surface area contributed by atoms with E-state index in [2.05, 4.69) is 0 Å². The van der Waals surface area contributed by atoms with Crippen molar-refractivity contribution < 1.29 is 35.4 Å². The van der Waals surface area contributed by atoms with E-state index in [1.807, 2.05) is 19.9 Å². The van der Waals surface area contributed by atoms with E-state index >= 15 is 0 Å². The quantitative estimate of drug-likeness (QED) is 0.216. The van der Waals surface area contributed by atoms with Gasteiger partial charge in [0.05, 0.1) is 18.3 Å². The summed E-state index contributed by atoms with van der Waals surface area (Å²) in [5.41, 5.74) is -1.79. The fourth-order valence-electron chi connectivity index (χ4n) is 5.02. The minimum atomic E-state index is -1.32. The van der Waals surface area contributed by atoms with Crippen molar-refractivity contribution in [2.45, 2.75) is 82.3 Å². The van der Waals surface area contributed by atoms with Gasteiger partial charge in [-0.3, -0.25) is 0 Å². The molecule has 164 valence electrons. The lowest BCUT2D eigenvalue weighted by Gasteiger charge is -2.49. The van der Waals surface area contributed by atoms with Gasteiger partial charge in [0.2, 0.25) is 0 Å². The highest BCUT2D eigenvalue weighted by atomic mass is 16.6. The summed E-state index contributed by atoms with van der Waals surface area (Å²) in [6.07, 6.45) is 2.91. The van der Waals surface area contributed by atoms with Crippen molar-refractivity contribution in [2.75, 3.05) is 6.61 Å². The van der Waals surface area contributed by atoms with Gasteiger partial charge in [0.1, 0.15) is 24.4 Å². The van der Waals surface area contributed by atoms with Crippen LogP contribution in [0.2, 0.25) is 0 Å². The second kappa shape index (κ2) is 7.57. The molecule has 29 heavy (non-hydrogen) atoms. The first-order valence-corrected chi connectivity index (χ1v) is 10.2. The van der Waals surface area contributed by atoms with E-state index < -0.39 is 47.1 Å². The van der Waals surface area contributed by atoms with Crippen LogP contribution in [-0.4, -0.2) is 79.0 Å². The van der Waals surface area contributed by atoms with Crippen molar-refractivity contribution in [2.24, 2.45) is 11.3 Å². The second-order valence-electron chi connectivity index (χ2n) is 9.61. The maximum absolute atomic E-state index is 10.8. The Balaban J connectivity index is 1.77. The van der Waals surface area contributed by atoms with Crippen molar-refractivity contribution in [1.29, 1.82) is 0 Å². The van der Waals surface area contributed by atoms with E-state index in [-0.39, 0.29) is 18.1 Å². The molecule has 3 rings (SSSR count). The largest absolute Gasteiger partial charge is 0.393 e. The summed E-state index contributed by atoms with van der Waals surface area (Å²) in [6, 6.07) is 0. The van der Waals surface area contributed by atoms with Crippen molar-refractivity contribution >= 4 is 0 Å². The van der Waals surface area contributed by atoms with Gasteiger partial charge in [-0.1, -0.05) is 37.6 Å². The lowest BCUT2D eigenvalue weighted by molar-refractivity contribution is -0.124. The van der Waals surface area contributed by atoms with E-state index in [1.165, 1.54) is 6.08 Å². The van der Waals surface area contributed by atoms with Crippen LogP contribution in [0.15, 0.2) is 35.5 Å². The Bertz CT molecular complexity index is 723. The van der Waals surface area contributed by atoms with Crippen LogP contribution >= 0.6 is 0 Å². The Hall–Kier alpha value is -1.06. The molecule has 1 saturated carbocycles. The van der Waals surface area contributed by atoms with Crippen molar-refractivity contribution in [3.63, 3.8) is 0 Å². The molecule has 1 heterocycles. The topological polar surface area (TPSA) is 134 Å². The highest BCUT2D eigenvalue weighted by Gasteiger charge is 2.69. The highest BCUT2D eigenvalue weighted by Crippen LogP contribution is 2.50. The van der Waals surface area contributed by atoms with Crippen LogP contribution in [0.1, 0.15) is 40.5 Å². The molecule has 0 aromatic rings. The number of aliphatic hydroxyl groups is 6. The molecule has 2 aliphatic carbocycles. The number of hydrogen-bond donors (Lipinski definition) is 6. The first kappa shape index (κ1) is 22.6. The van der Waals surface area contributed by atoms with Crippen LogP contribution in [0.3, 0.4) is 0 Å². The second-order valence-corrected chi connectivity index (χ2v) is 9.61. The van der Waals surface area contributed by atoms with Crippen LogP contribution < -0.4 is 0 Å². The van der Waals surface area contributed by atoms with E-state index in [0.717, 1.165) is 0 Å². The third-order valence-electron chi connectivity index (χ3n) is 7.09. The zero-order valence-corrected chi connectivity index (χ0v) is 17.5. The predicted molar refractivity (Wildman–Crippen MR) is 107 cm³/mol. The van der Waals surface area contributed by atoms with Gasteiger partial charge in [-0.25, -0.2) is 0 Å². The van der Waals surface area contributed by atoms with E-state index in [9.17, 15) is 30.6 Å². The number of aliphatic hydroxyl groups excluding tert-OH is 5. The Morgan fingerprint density at radius 1 is 1.28 bits per heavy atom. The molecule has 0 amide bonds. The maximum Gasteiger partial charge on any atom is 0.156 e. The minimum Gasteiger partial charge on any atom is -0.393 e. The third-order valence-corrected chi connectivity index (χ3v) is 7.09. The van der Waals surface area contributed by atoms with Gasteiger partial charge in [-0.05, 0) is 43.8 Å². The summed E-state index contributed by atoms with van der Waals surface area (Å²) in [4.78, 5) is 0. The van der Waals surface area contributed by atoms with Crippen LogP contribution in [0, 0.1) is 11.3 Å². The Morgan fingerprint density at radius 3 is 2.55 bits per heavy atom. The molecule has 8 atom stereocenters. The molecular weight excluding hydrogens is 376 g/mol. The average molecular weight is 411 g/mol. The minimum absolute atomic E-state index is 0.278. The van der Waals surface area contributed by atoms with Crippen molar-refractivity contribution in [3.05, 3.63) is 35.5 Å². The number of fused-ring (bicyclic) bond motifs is 1. The van der Waals surface area contributed by atoms with Gasteiger partial charge in [-0.2, -0.15) is 0 Å². The van der Waals surface area contributed by atoms with Gasteiger partial charge in [-0.15, -0.1) is 0 Å². The molecule has 7 heteroatoms. The van der Waals surface area contributed by atoms with Crippen LogP contribution in [0.5, 0.6) is 0 Å². The summed E-state index contributed by atoms with van der Waals surface area (Å²) in [7, 11) is 0. The number of allylic oxidation sites excluding steroid dienone is 2. The summed E-state index contributed by atoms with van der Waals surface area (Å²) >= 11 is 0. The molecular formula is C22H34O7. The molecule has 0 spiro atoms. The molecule has 6 N–H and O–H groups in total. The van der Waals surface area contributed by atoms with Crippen LogP contribution in [0.4, 0.5) is 0 Å². The molecule has 2 fully saturated rings. The zero-order valence-electron chi connectivity index (χ0n) is 17.5. The Labute approximate surface area is 171 Å². The summed E-state index contributed by atoms with van der Waals surface area (Å²) in [5, 5.41) is 61.7. The zero-order chi connectivity index (χ0) is 21.8. The fourth-order valence-corrected chi connectivity index (χ4v) is 5.02. The maximum atomic E-state index is 10.8. The third kappa shape index (κ3) is 3.74. The van der Waals surface area contributed by atoms with Crippen molar-refractivity contribution in [1.82, 2.24) is 0 Å². The van der Waals surface area contributed by atoms with Crippen LogP contribution in [-0.2, 0) is 4.74 Å². The number of hydrogen-bond acceptors (Lipinski definition) is 7. The van der Waals surface area contributed by atoms with Crippen molar-refractivity contribution in [3.8, 4) is 0 Å². The molecule has 0 unspecified atom stereocenters. The van der Waals surface area contributed by atoms with Crippen LogP contribution in [0.25, 0.3) is 0 Å². The lowest BCUT2D eigenvalue weighted by Crippen LogP contribution is -2.52. The SMILES string of the molecule is CC(/C=C/[C@@H]1C(C)(C)[C@H](O)CC[C@]1(C)O)=C\[C@H](O)[C@]12O[C@H]1[C@H](O)C(CO)=C[C@@H]2O. The van der Waals surface area contributed by atoms with E-state index in [1.54, 1.807) is 26.0 Å².